The lowest BCUT2D eigenvalue weighted by molar-refractivity contribution is -0.0141. The van der Waals surface area contributed by atoms with Crippen molar-refractivity contribution in [3.8, 4) is 5.75 Å². The quantitative estimate of drug-likeness (QED) is 0.765. The number of aromatic hydroxyl groups is 1. The van der Waals surface area contributed by atoms with Gasteiger partial charge in [-0.3, -0.25) is 0 Å². The van der Waals surface area contributed by atoms with Crippen molar-refractivity contribution in [1.29, 1.82) is 0 Å². The number of phenols is 1. The molecule has 3 aliphatic carbocycles. The van der Waals surface area contributed by atoms with Gasteiger partial charge in [0.25, 0.3) is 0 Å². The highest BCUT2D eigenvalue weighted by Gasteiger charge is 2.59. The zero-order valence-electron chi connectivity index (χ0n) is 13.3. The van der Waals surface area contributed by atoms with E-state index in [0.29, 0.717) is 18.3 Å². The first-order chi connectivity index (χ1) is 10.4. The Labute approximate surface area is 131 Å². The molecule has 0 radical (unpaired) electrons. The maximum absolute atomic E-state index is 15.1. The number of aryl methyl sites for hydroxylation is 1. The third-order valence-electron chi connectivity index (χ3n) is 6.86. The van der Waals surface area contributed by atoms with E-state index in [-0.39, 0.29) is 29.1 Å². The number of rotatable bonds is 0. The minimum atomic E-state index is -0.840. The Bertz CT molecular complexity index is 601. The Morgan fingerprint density at radius 3 is 2.82 bits per heavy atom. The molecule has 22 heavy (non-hydrogen) atoms. The summed E-state index contributed by atoms with van der Waals surface area (Å²) in [6.07, 6.45) is 2.05. The normalized spacial score (nSPS) is 46.7. The van der Waals surface area contributed by atoms with Gasteiger partial charge in [0.2, 0.25) is 0 Å². The van der Waals surface area contributed by atoms with Crippen LogP contribution in [0.3, 0.4) is 0 Å². The molecule has 0 amide bonds. The Morgan fingerprint density at radius 2 is 2.05 bits per heavy atom. The number of aliphatic hydroxyl groups excluding tert-OH is 1. The summed E-state index contributed by atoms with van der Waals surface area (Å²) < 4.78 is 15.1. The first-order valence-corrected chi connectivity index (χ1v) is 8.54. The molecule has 2 saturated carbocycles. The van der Waals surface area contributed by atoms with Crippen LogP contribution in [0.4, 0.5) is 4.39 Å². The molecule has 4 rings (SSSR count). The van der Waals surface area contributed by atoms with Crippen LogP contribution in [-0.4, -0.2) is 22.5 Å². The standard InChI is InChI=1S/C19H25FO2/c1-10-16(22)9-19(2)8-15(20)17-13-6-4-12(21)7-11(13)3-5-14(17)18(10)19/h4,6-7,10,14-18,21-22H,3,5,8-9H2,1-2H3/t10-,14+,15-,16-,17+,18-,19+/m0/s1. The fourth-order valence-electron chi connectivity index (χ4n) is 6.10. The fourth-order valence-corrected chi connectivity index (χ4v) is 6.10. The molecular weight excluding hydrogens is 279 g/mol. The predicted octanol–water partition coefficient (Wildman–Crippen LogP) is 3.80. The summed E-state index contributed by atoms with van der Waals surface area (Å²) in [6, 6.07) is 5.42. The second-order valence-corrected chi connectivity index (χ2v) is 8.14. The molecule has 0 aliphatic heterocycles. The maximum Gasteiger partial charge on any atom is 0.115 e. The van der Waals surface area contributed by atoms with E-state index in [1.807, 2.05) is 6.07 Å². The van der Waals surface area contributed by atoms with Crippen molar-refractivity contribution < 1.29 is 14.6 Å². The smallest absolute Gasteiger partial charge is 0.115 e. The van der Waals surface area contributed by atoms with Crippen LogP contribution in [0, 0.1) is 23.2 Å². The zero-order valence-corrected chi connectivity index (χ0v) is 13.3. The SMILES string of the molecule is C[C@@H]1[C@H]2[C@@H]3CCc4cc(O)ccc4[C@H]3[C@@H](F)C[C@]2(C)C[C@@H]1O. The highest BCUT2D eigenvalue weighted by Crippen LogP contribution is 2.63. The fraction of sp³-hybridized carbons (Fsp3) is 0.684. The molecule has 2 N–H and O–H groups in total. The zero-order chi connectivity index (χ0) is 15.6. The third kappa shape index (κ3) is 1.87. The van der Waals surface area contributed by atoms with Crippen molar-refractivity contribution in [3.63, 3.8) is 0 Å². The van der Waals surface area contributed by atoms with Crippen molar-refractivity contribution in [2.45, 2.75) is 57.7 Å². The Kier molecular flexibility index (Phi) is 3.10. The molecule has 7 atom stereocenters. The topological polar surface area (TPSA) is 40.5 Å². The highest BCUT2D eigenvalue weighted by atomic mass is 19.1. The number of phenolic OH excluding ortho intramolecular Hbond substituents is 1. The minimum absolute atomic E-state index is 0.0600. The van der Waals surface area contributed by atoms with Crippen molar-refractivity contribution >= 4 is 0 Å². The van der Waals surface area contributed by atoms with Crippen molar-refractivity contribution in [1.82, 2.24) is 0 Å². The van der Waals surface area contributed by atoms with Crippen LogP contribution in [0.25, 0.3) is 0 Å². The summed E-state index contributed by atoms with van der Waals surface area (Å²) in [5.41, 5.74) is 2.14. The third-order valence-corrected chi connectivity index (χ3v) is 6.86. The van der Waals surface area contributed by atoms with Crippen molar-refractivity contribution in [2.24, 2.45) is 23.2 Å². The van der Waals surface area contributed by atoms with Gasteiger partial charge < -0.3 is 10.2 Å². The van der Waals surface area contributed by atoms with Crippen LogP contribution in [0.15, 0.2) is 18.2 Å². The molecular formula is C19H25FO2. The lowest BCUT2D eigenvalue weighted by Gasteiger charge is -2.51. The molecule has 0 heterocycles. The Hall–Kier alpha value is -1.09. The number of hydrogen-bond acceptors (Lipinski definition) is 2. The van der Waals surface area contributed by atoms with Crippen LogP contribution in [0.2, 0.25) is 0 Å². The van der Waals surface area contributed by atoms with E-state index in [4.69, 9.17) is 0 Å². The lowest BCUT2D eigenvalue weighted by atomic mass is 9.54. The summed E-state index contributed by atoms with van der Waals surface area (Å²) >= 11 is 0. The molecule has 3 aliphatic rings. The summed E-state index contributed by atoms with van der Waals surface area (Å²) in [7, 11) is 0. The molecule has 120 valence electrons. The van der Waals surface area contributed by atoms with Gasteiger partial charge >= 0.3 is 0 Å². The van der Waals surface area contributed by atoms with E-state index in [0.717, 1.165) is 30.4 Å². The van der Waals surface area contributed by atoms with E-state index >= 15 is 4.39 Å². The van der Waals surface area contributed by atoms with Gasteiger partial charge in [0.15, 0.2) is 0 Å². The van der Waals surface area contributed by atoms with Gasteiger partial charge in [-0.05, 0) is 72.1 Å². The van der Waals surface area contributed by atoms with Gasteiger partial charge in [-0.2, -0.15) is 0 Å². The van der Waals surface area contributed by atoms with Gasteiger partial charge in [-0.25, -0.2) is 4.39 Å². The van der Waals surface area contributed by atoms with Gasteiger partial charge in [-0.1, -0.05) is 19.9 Å². The Morgan fingerprint density at radius 1 is 1.27 bits per heavy atom. The molecule has 2 nitrogen and oxygen atoms in total. The van der Waals surface area contributed by atoms with E-state index < -0.39 is 6.17 Å². The molecule has 3 heteroatoms. The number of halogens is 1. The van der Waals surface area contributed by atoms with E-state index in [1.165, 1.54) is 0 Å². The number of hydrogen-bond donors (Lipinski definition) is 2. The molecule has 0 aromatic heterocycles. The minimum Gasteiger partial charge on any atom is -0.508 e. The van der Waals surface area contributed by atoms with Crippen molar-refractivity contribution in [3.05, 3.63) is 29.3 Å². The summed E-state index contributed by atoms with van der Waals surface area (Å²) in [6.45, 7) is 4.32. The van der Waals surface area contributed by atoms with E-state index in [1.54, 1.807) is 12.1 Å². The van der Waals surface area contributed by atoms with Crippen LogP contribution in [0.5, 0.6) is 5.75 Å². The van der Waals surface area contributed by atoms with Gasteiger partial charge in [-0.15, -0.1) is 0 Å². The summed E-state index contributed by atoms with van der Waals surface area (Å²) in [5.74, 6) is 1.19. The number of benzene rings is 1. The average molecular weight is 304 g/mol. The largest absolute Gasteiger partial charge is 0.508 e. The number of fused-ring (bicyclic) bond motifs is 5. The maximum atomic E-state index is 15.1. The molecule has 1 aromatic rings. The number of aliphatic hydroxyl groups is 1. The second-order valence-electron chi connectivity index (χ2n) is 8.14. The van der Waals surface area contributed by atoms with Gasteiger partial charge in [0.1, 0.15) is 11.9 Å². The molecule has 0 unspecified atom stereocenters. The van der Waals surface area contributed by atoms with Crippen LogP contribution in [-0.2, 0) is 6.42 Å². The molecule has 2 fully saturated rings. The van der Waals surface area contributed by atoms with Gasteiger partial charge in [0.05, 0.1) is 6.10 Å². The summed E-state index contributed by atoms with van der Waals surface area (Å²) in [4.78, 5) is 0. The van der Waals surface area contributed by atoms with Crippen molar-refractivity contribution in [2.75, 3.05) is 0 Å². The van der Waals surface area contributed by atoms with E-state index in [2.05, 4.69) is 13.8 Å². The number of alkyl halides is 1. The Balaban J connectivity index is 1.78. The average Bonchev–Trinajstić information content (AvgIpc) is 2.67. The summed E-state index contributed by atoms with van der Waals surface area (Å²) in [5, 5.41) is 20.0. The monoisotopic (exact) mass is 304 g/mol. The molecule has 0 spiro atoms. The predicted molar refractivity (Wildman–Crippen MR) is 83.6 cm³/mol. The van der Waals surface area contributed by atoms with Crippen LogP contribution >= 0.6 is 0 Å². The molecule has 0 bridgehead atoms. The second kappa shape index (κ2) is 4.70. The first-order valence-electron chi connectivity index (χ1n) is 8.54. The van der Waals surface area contributed by atoms with E-state index in [9.17, 15) is 10.2 Å². The lowest BCUT2D eigenvalue weighted by Crippen LogP contribution is -2.46. The van der Waals surface area contributed by atoms with Crippen LogP contribution in [0.1, 0.15) is 50.2 Å². The highest BCUT2D eigenvalue weighted by molar-refractivity contribution is 5.41. The molecule has 0 saturated heterocycles. The van der Waals surface area contributed by atoms with Gasteiger partial charge in [0, 0.05) is 5.92 Å². The first kappa shape index (κ1) is 14.5. The molecule has 1 aromatic carbocycles. The van der Waals surface area contributed by atoms with Crippen LogP contribution < -0.4 is 0 Å².